The van der Waals surface area contributed by atoms with Crippen LogP contribution < -0.4 is 5.73 Å². The molecule has 0 aromatic carbocycles. The average molecular weight is 163 g/mol. The van der Waals surface area contributed by atoms with Crippen molar-refractivity contribution in [1.29, 1.82) is 0 Å². The predicted octanol–water partition coefficient (Wildman–Crippen LogP) is 0.603. The highest BCUT2D eigenvalue weighted by Gasteiger charge is 1.93. The molecule has 0 radical (unpaired) electrons. The first-order valence-electron chi connectivity index (χ1n) is 4.09. The topological polar surface area (TPSA) is 43.8 Å². The zero-order valence-electron chi connectivity index (χ0n) is 7.25. The molecule has 1 aromatic heterocycles. The molecule has 0 bridgehead atoms. The SMILES string of the molecule is CCn1nccc1C#CCCN. The lowest BCUT2D eigenvalue weighted by Crippen LogP contribution is -1.99. The molecule has 3 nitrogen and oxygen atoms in total. The second kappa shape index (κ2) is 4.58. The van der Waals surface area contributed by atoms with Crippen LogP contribution in [0.25, 0.3) is 0 Å². The Balaban J connectivity index is 2.69. The minimum atomic E-state index is 0.618. The van der Waals surface area contributed by atoms with E-state index in [0.717, 1.165) is 18.7 Å². The Morgan fingerprint density at radius 2 is 2.50 bits per heavy atom. The van der Waals surface area contributed by atoms with Gasteiger partial charge < -0.3 is 5.73 Å². The third-order valence-electron chi connectivity index (χ3n) is 1.50. The fourth-order valence-electron chi connectivity index (χ4n) is 0.916. The van der Waals surface area contributed by atoms with Crippen molar-refractivity contribution in [2.75, 3.05) is 6.54 Å². The van der Waals surface area contributed by atoms with Crippen LogP contribution in [0.3, 0.4) is 0 Å². The van der Waals surface area contributed by atoms with Gasteiger partial charge in [-0.2, -0.15) is 5.10 Å². The molecule has 1 aromatic rings. The summed E-state index contributed by atoms with van der Waals surface area (Å²) in [5, 5.41) is 4.10. The van der Waals surface area contributed by atoms with E-state index >= 15 is 0 Å². The highest BCUT2D eigenvalue weighted by atomic mass is 15.3. The highest BCUT2D eigenvalue weighted by molar-refractivity contribution is 5.26. The van der Waals surface area contributed by atoms with Crippen LogP contribution in [0.15, 0.2) is 12.3 Å². The summed E-state index contributed by atoms with van der Waals surface area (Å²) in [4.78, 5) is 0. The van der Waals surface area contributed by atoms with Crippen LogP contribution in [-0.2, 0) is 6.54 Å². The molecule has 0 atom stereocenters. The summed E-state index contributed by atoms with van der Waals surface area (Å²) in [6, 6.07) is 1.91. The summed E-state index contributed by atoms with van der Waals surface area (Å²) in [7, 11) is 0. The first-order chi connectivity index (χ1) is 5.88. The molecule has 0 fully saturated rings. The van der Waals surface area contributed by atoms with Crippen LogP contribution in [0, 0.1) is 11.8 Å². The van der Waals surface area contributed by atoms with Gasteiger partial charge in [0.2, 0.25) is 0 Å². The fourth-order valence-corrected chi connectivity index (χ4v) is 0.916. The van der Waals surface area contributed by atoms with E-state index in [9.17, 15) is 0 Å². The minimum Gasteiger partial charge on any atom is -0.330 e. The smallest absolute Gasteiger partial charge is 0.111 e. The first kappa shape index (κ1) is 8.82. The summed E-state index contributed by atoms with van der Waals surface area (Å²) in [6.07, 6.45) is 2.50. The second-order valence-electron chi connectivity index (χ2n) is 2.37. The molecule has 12 heavy (non-hydrogen) atoms. The summed E-state index contributed by atoms with van der Waals surface area (Å²) in [5.41, 5.74) is 6.28. The monoisotopic (exact) mass is 163 g/mol. The largest absolute Gasteiger partial charge is 0.330 e. The van der Waals surface area contributed by atoms with Crippen molar-refractivity contribution in [2.24, 2.45) is 5.73 Å². The Morgan fingerprint density at radius 3 is 3.17 bits per heavy atom. The number of hydrogen-bond donors (Lipinski definition) is 1. The van der Waals surface area contributed by atoms with Crippen LogP contribution in [0.5, 0.6) is 0 Å². The molecule has 0 aliphatic carbocycles. The van der Waals surface area contributed by atoms with E-state index in [4.69, 9.17) is 5.73 Å². The first-order valence-corrected chi connectivity index (χ1v) is 4.09. The third kappa shape index (κ3) is 2.11. The van der Waals surface area contributed by atoms with Crippen molar-refractivity contribution < 1.29 is 0 Å². The summed E-state index contributed by atoms with van der Waals surface area (Å²) in [6.45, 7) is 3.52. The van der Waals surface area contributed by atoms with Gasteiger partial charge in [-0.15, -0.1) is 0 Å². The Morgan fingerprint density at radius 1 is 1.67 bits per heavy atom. The third-order valence-corrected chi connectivity index (χ3v) is 1.50. The highest BCUT2D eigenvalue weighted by Crippen LogP contribution is 1.95. The van der Waals surface area contributed by atoms with Crippen molar-refractivity contribution in [1.82, 2.24) is 9.78 Å². The number of nitrogens with two attached hydrogens (primary N) is 1. The predicted molar refractivity (Wildman–Crippen MR) is 48.5 cm³/mol. The molecule has 0 saturated heterocycles. The normalized spacial score (nSPS) is 9.17. The molecule has 0 spiro atoms. The molecule has 0 amide bonds. The van der Waals surface area contributed by atoms with Crippen molar-refractivity contribution >= 4 is 0 Å². The number of rotatable bonds is 2. The molecular formula is C9H13N3. The molecular weight excluding hydrogens is 150 g/mol. The van der Waals surface area contributed by atoms with Crippen molar-refractivity contribution in [2.45, 2.75) is 19.9 Å². The molecule has 1 rings (SSSR count). The molecule has 0 aliphatic rings. The van der Waals surface area contributed by atoms with Crippen molar-refractivity contribution in [3.8, 4) is 11.8 Å². The van der Waals surface area contributed by atoms with Gasteiger partial charge in [0.1, 0.15) is 5.69 Å². The van der Waals surface area contributed by atoms with Gasteiger partial charge in [-0.3, -0.25) is 4.68 Å². The Kier molecular flexibility index (Phi) is 3.36. The van der Waals surface area contributed by atoms with Gasteiger partial charge in [-0.1, -0.05) is 5.92 Å². The molecule has 64 valence electrons. The van der Waals surface area contributed by atoms with Gasteiger partial charge in [0, 0.05) is 19.5 Å². The van der Waals surface area contributed by atoms with Crippen LogP contribution >= 0.6 is 0 Å². The molecule has 2 N–H and O–H groups in total. The van der Waals surface area contributed by atoms with Crippen LogP contribution in [0.4, 0.5) is 0 Å². The van der Waals surface area contributed by atoms with Gasteiger partial charge in [-0.25, -0.2) is 0 Å². The van der Waals surface area contributed by atoms with Crippen molar-refractivity contribution in [3.05, 3.63) is 18.0 Å². The van der Waals surface area contributed by atoms with Crippen LogP contribution in [0.1, 0.15) is 19.0 Å². The minimum absolute atomic E-state index is 0.618. The van der Waals surface area contributed by atoms with Crippen LogP contribution in [-0.4, -0.2) is 16.3 Å². The van der Waals surface area contributed by atoms with E-state index in [-0.39, 0.29) is 0 Å². The maximum atomic E-state index is 5.31. The second-order valence-corrected chi connectivity index (χ2v) is 2.37. The number of aromatic nitrogens is 2. The molecule has 0 unspecified atom stereocenters. The van der Waals surface area contributed by atoms with E-state index < -0.39 is 0 Å². The molecule has 0 saturated carbocycles. The number of aryl methyl sites for hydroxylation is 1. The van der Waals surface area contributed by atoms with E-state index in [2.05, 4.69) is 16.9 Å². The summed E-state index contributed by atoms with van der Waals surface area (Å²) in [5.74, 6) is 5.99. The van der Waals surface area contributed by atoms with Crippen molar-refractivity contribution in [3.63, 3.8) is 0 Å². The van der Waals surface area contributed by atoms with Gasteiger partial charge >= 0.3 is 0 Å². The molecule has 1 heterocycles. The number of hydrogen-bond acceptors (Lipinski definition) is 2. The summed E-state index contributed by atoms with van der Waals surface area (Å²) < 4.78 is 1.86. The van der Waals surface area contributed by atoms with Gasteiger partial charge in [0.15, 0.2) is 0 Å². The van der Waals surface area contributed by atoms with Gasteiger partial charge in [0.05, 0.1) is 6.20 Å². The maximum Gasteiger partial charge on any atom is 0.111 e. The van der Waals surface area contributed by atoms with Crippen LogP contribution in [0.2, 0.25) is 0 Å². The Bertz CT molecular complexity index is 290. The standard InChI is InChI=1S/C9H13N3/c1-2-12-9(6-8-11-12)5-3-4-7-10/h6,8H,2,4,7,10H2,1H3. The van der Waals surface area contributed by atoms with Gasteiger partial charge in [0.25, 0.3) is 0 Å². The number of nitrogens with zero attached hydrogens (tertiary/aromatic N) is 2. The van der Waals surface area contributed by atoms with E-state index in [1.807, 2.05) is 17.7 Å². The van der Waals surface area contributed by atoms with Gasteiger partial charge in [-0.05, 0) is 18.9 Å². The Hall–Kier alpha value is -1.27. The average Bonchev–Trinajstić information content (AvgIpc) is 2.52. The zero-order valence-corrected chi connectivity index (χ0v) is 7.25. The van der Waals surface area contributed by atoms with E-state index in [1.54, 1.807) is 6.20 Å². The quantitative estimate of drug-likeness (QED) is 0.649. The van der Waals surface area contributed by atoms with E-state index in [0.29, 0.717) is 6.54 Å². The molecule has 0 aliphatic heterocycles. The zero-order chi connectivity index (χ0) is 8.81. The maximum absolute atomic E-state index is 5.31. The lowest BCUT2D eigenvalue weighted by atomic mass is 10.3. The molecule has 3 heteroatoms. The lowest BCUT2D eigenvalue weighted by molar-refractivity contribution is 0.652. The summed E-state index contributed by atoms with van der Waals surface area (Å²) >= 11 is 0. The Labute approximate surface area is 72.6 Å². The fraction of sp³-hybridized carbons (Fsp3) is 0.444. The van der Waals surface area contributed by atoms with E-state index in [1.165, 1.54) is 0 Å². The lowest BCUT2D eigenvalue weighted by Gasteiger charge is -1.95.